The van der Waals surface area contributed by atoms with Crippen molar-refractivity contribution in [3.05, 3.63) is 0 Å². The standard InChI is InChI=1S/C16H31NO3/c1-3-4-5-6-7-8-11-14(2)19-16(18)20-15-12-9-10-13-17-15/h14-15,17H,3-13H2,1-2H3. The minimum atomic E-state index is -0.525. The van der Waals surface area contributed by atoms with E-state index in [1.165, 1.54) is 32.1 Å². The largest absolute Gasteiger partial charge is 0.510 e. The Balaban J connectivity index is 1.99. The Morgan fingerprint density at radius 1 is 1.20 bits per heavy atom. The van der Waals surface area contributed by atoms with Gasteiger partial charge in [-0.25, -0.2) is 4.79 Å². The van der Waals surface area contributed by atoms with E-state index in [0.29, 0.717) is 0 Å². The van der Waals surface area contributed by atoms with Gasteiger partial charge in [0.1, 0.15) is 6.10 Å². The molecule has 0 aromatic rings. The summed E-state index contributed by atoms with van der Waals surface area (Å²) in [6.45, 7) is 5.09. The zero-order valence-corrected chi connectivity index (χ0v) is 13.2. The monoisotopic (exact) mass is 285 g/mol. The molecule has 0 bridgehead atoms. The smallest absolute Gasteiger partial charge is 0.431 e. The highest BCUT2D eigenvalue weighted by atomic mass is 16.7. The van der Waals surface area contributed by atoms with E-state index in [1.54, 1.807) is 0 Å². The van der Waals surface area contributed by atoms with Gasteiger partial charge in [-0.15, -0.1) is 0 Å². The predicted octanol–water partition coefficient (Wildman–Crippen LogP) is 4.38. The molecule has 1 fully saturated rings. The fraction of sp³-hybridized carbons (Fsp3) is 0.938. The fourth-order valence-corrected chi connectivity index (χ4v) is 2.50. The Morgan fingerprint density at radius 2 is 1.95 bits per heavy atom. The number of rotatable bonds is 9. The summed E-state index contributed by atoms with van der Waals surface area (Å²) in [5, 5.41) is 3.17. The van der Waals surface area contributed by atoms with Crippen LogP contribution in [-0.4, -0.2) is 25.0 Å². The zero-order chi connectivity index (χ0) is 14.6. The number of hydrogen-bond donors (Lipinski definition) is 1. The van der Waals surface area contributed by atoms with E-state index < -0.39 is 6.16 Å². The van der Waals surface area contributed by atoms with Crippen LogP contribution in [0.1, 0.15) is 78.1 Å². The van der Waals surface area contributed by atoms with Gasteiger partial charge in [-0.2, -0.15) is 0 Å². The molecule has 0 aromatic carbocycles. The third-order valence-corrected chi connectivity index (χ3v) is 3.77. The third-order valence-electron chi connectivity index (χ3n) is 3.77. The molecule has 1 N–H and O–H groups in total. The minimum absolute atomic E-state index is 0.0442. The number of ether oxygens (including phenoxy) is 2. The van der Waals surface area contributed by atoms with Gasteiger partial charge in [0, 0.05) is 0 Å². The van der Waals surface area contributed by atoms with Crippen LogP contribution in [0.5, 0.6) is 0 Å². The van der Waals surface area contributed by atoms with Gasteiger partial charge in [0.15, 0.2) is 6.23 Å². The molecule has 1 aliphatic heterocycles. The summed E-state index contributed by atoms with van der Waals surface area (Å²) in [6, 6.07) is 0. The van der Waals surface area contributed by atoms with Crippen molar-refractivity contribution in [1.82, 2.24) is 5.32 Å². The van der Waals surface area contributed by atoms with Crippen LogP contribution in [0.15, 0.2) is 0 Å². The maximum Gasteiger partial charge on any atom is 0.510 e. The van der Waals surface area contributed by atoms with E-state index in [4.69, 9.17) is 9.47 Å². The van der Waals surface area contributed by atoms with Crippen LogP contribution in [0, 0.1) is 0 Å². The Labute approximate surface area is 123 Å². The number of carbonyl (C=O) groups excluding carboxylic acids is 1. The number of hydrogen-bond acceptors (Lipinski definition) is 4. The third kappa shape index (κ3) is 8.41. The normalized spacial score (nSPS) is 20.4. The fourth-order valence-electron chi connectivity index (χ4n) is 2.50. The van der Waals surface area contributed by atoms with Gasteiger partial charge in [-0.05, 0) is 45.6 Å². The van der Waals surface area contributed by atoms with Crippen LogP contribution in [0.4, 0.5) is 4.79 Å². The van der Waals surface area contributed by atoms with Crippen molar-refractivity contribution < 1.29 is 14.3 Å². The second-order valence-corrected chi connectivity index (χ2v) is 5.79. The lowest BCUT2D eigenvalue weighted by atomic mass is 10.1. The summed E-state index contributed by atoms with van der Waals surface area (Å²) in [7, 11) is 0. The minimum Gasteiger partial charge on any atom is -0.431 e. The van der Waals surface area contributed by atoms with Crippen LogP contribution in [0.3, 0.4) is 0 Å². The van der Waals surface area contributed by atoms with Gasteiger partial charge in [-0.1, -0.05) is 39.0 Å². The van der Waals surface area contributed by atoms with Crippen molar-refractivity contribution in [2.75, 3.05) is 6.54 Å². The highest BCUT2D eigenvalue weighted by Gasteiger charge is 2.19. The topological polar surface area (TPSA) is 47.6 Å². The van der Waals surface area contributed by atoms with Gasteiger partial charge in [0.2, 0.25) is 0 Å². The van der Waals surface area contributed by atoms with E-state index in [-0.39, 0.29) is 12.3 Å². The van der Waals surface area contributed by atoms with Crippen molar-refractivity contribution in [2.24, 2.45) is 0 Å². The van der Waals surface area contributed by atoms with Crippen molar-refractivity contribution in [3.8, 4) is 0 Å². The molecule has 20 heavy (non-hydrogen) atoms. The Hall–Kier alpha value is -0.770. The summed E-state index contributed by atoms with van der Waals surface area (Å²) in [5.41, 5.74) is 0. The number of carbonyl (C=O) groups is 1. The van der Waals surface area contributed by atoms with Gasteiger partial charge in [0.05, 0.1) is 0 Å². The van der Waals surface area contributed by atoms with Crippen molar-refractivity contribution in [1.29, 1.82) is 0 Å². The number of nitrogens with one attached hydrogen (secondary N) is 1. The lowest BCUT2D eigenvalue weighted by Gasteiger charge is -2.23. The van der Waals surface area contributed by atoms with E-state index >= 15 is 0 Å². The van der Waals surface area contributed by atoms with E-state index in [1.807, 2.05) is 6.92 Å². The maximum absolute atomic E-state index is 11.6. The number of piperidine rings is 1. The molecule has 0 saturated carbocycles. The molecule has 0 amide bonds. The summed E-state index contributed by atoms with van der Waals surface area (Å²) >= 11 is 0. The summed E-state index contributed by atoms with van der Waals surface area (Å²) in [4.78, 5) is 11.6. The summed E-state index contributed by atoms with van der Waals surface area (Å²) in [5.74, 6) is 0. The van der Waals surface area contributed by atoms with Crippen molar-refractivity contribution in [3.63, 3.8) is 0 Å². The van der Waals surface area contributed by atoms with Crippen LogP contribution in [0.25, 0.3) is 0 Å². The molecule has 2 atom stereocenters. The van der Waals surface area contributed by atoms with Gasteiger partial charge in [0.25, 0.3) is 0 Å². The predicted molar refractivity (Wildman–Crippen MR) is 80.7 cm³/mol. The molecule has 1 heterocycles. The Morgan fingerprint density at radius 3 is 2.65 bits per heavy atom. The highest BCUT2D eigenvalue weighted by Crippen LogP contribution is 2.12. The molecule has 4 nitrogen and oxygen atoms in total. The molecule has 1 aliphatic rings. The van der Waals surface area contributed by atoms with Crippen LogP contribution in [0.2, 0.25) is 0 Å². The first kappa shape index (κ1) is 17.3. The van der Waals surface area contributed by atoms with E-state index in [2.05, 4.69) is 12.2 Å². The first-order chi connectivity index (χ1) is 9.72. The summed E-state index contributed by atoms with van der Waals surface area (Å²) in [6.07, 6.45) is 10.9. The van der Waals surface area contributed by atoms with Crippen molar-refractivity contribution >= 4 is 6.16 Å². The maximum atomic E-state index is 11.6. The molecule has 0 aliphatic carbocycles. The van der Waals surface area contributed by atoms with E-state index in [0.717, 1.165) is 38.6 Å². The number of unbranched alkanes of at least 4 members (excludes halogenated alkanes) is 5. The molecular weight excluding hydrogens is 254 g/mol. The zero-order valence-electron chi connectivity index (χ0n) is 13.2. The van der Waals surface area contributed by atoms with Gasteiger partial charge >= 0.3 is 6.16 Å². The average Bonchev–Trinajstić information content (AvgIpc) is 2.43. The first-order valence-electron chi connectivity index (χ1n) is 8.33. The molecule has 0 spiro atoms. The SMILES string of the molecule is CCCCCCCCC(C)OC(=O)OC1CCCCN1. The molecular formula is C16H31NO3. The Kier molecular flexibility index (Phi) is 9.46. The second-order valence-electron chi connectivity index (χ2n) is 5.79. The first-order valence-corrected chi connectivity index (χ1v) is 8.33. The van der Waals surface area contributed by atoms with Crippen LogP contribution < -0.4 is 5.32 Å². The van der Waals surface area contributed by atoms with Gasteiger partial charge in [-0.3, -0.25) is 5.32 Å². The average molecular weight is 285 g/mol. The molecule has 0 aromatic heterocycles. The van der Waals surface area contributed by atoms with Crippen molar-refractivity contribution in [2.45, 2.75) is 90.4 Å². The highest BCUT2D eigenvalue weighted by molar-refractivity contribution is 5.60. The molecule has 0 radical (unpaired) electrons. The molecule has 2 unspecified atom stereocenters. The Bertz CT molecular complexity index is 252. The van der Waals surface area contributed by atoms with Gasteiger partial charge < -0.3 is 9.47 Å². The molecule has 1 saturated heterocycles. The van der Waals surface area contributed by atoms with Crippen LogP contribution in [-0.2, 0) is 9.47 Å². The lowest BCUT2D eigenvalue weighted by molar-refractivity contribution is -0.0162. The summed E-state index contributed by atoms with van der Waals surface area (Å²) < 4.78 is 10.5. The second kappa shape index (κ2) is 11.0. The quantitative estimate of drug-likeness (QED) is 0.504. The molecule has 4 heteroatoms. The molecule has 1 rings (SSSR count). The lowest BCUT2D eigenvalue weighted by Crippen LogP contribution is -2.38. The van der Waals surface area contributed by atoms with Crippen LogP contribution >= 0.6 is 0 Å². The molecule has 118 valence electrons. The van der Waals surface area contributed by atoms with E-state index in [9.17, 15) is 4.79 Å².